The van der Waals surface area contributed by atoms with Gasteiger partial charge in [-0.2, -0.15) is 0 Å². The number of hydrogen-bond donors (Lipinski definition) is 3. The number of aromatic nitrogens is 3. The molecule has 3 aromatic heterocycles. The zero-order valence-electron chi connectivity index (χ0n) is 18.4. The van der Waals surface area contributed by atoms with E-state index in [0.717, 1.165) is 54.6 Å². The van der Waals surface area contributed by atoms with Gasteiger partial charge >= 0.3 is 0 Å². The molecule has 0 atom stereocenters. The fraction of sp³-hybridized carbons (Fsp3) is 0.292. The van der Waals surface area contributed by atoms with Crippen LogP contribution in [0, 0.1) is 0 Å². The van der Waals surface area contributed by atoms with Crippen molar-refractivity contribution >= 4 is 34.9 Å². The highest BCUT2D eigenvalue weighted by Gasteiger charge is 2.25. The largest absolute Gasteiger partial charge is 0.463 e. The Hall–Kier alpha value is -3.50. The first-order valence-electron chi connectivity index (χ1n) is 11.2. The van der Waals surface area contributed by atoms with E-state index in [1.165, 1.54) is 0 Å². The minimum absolute atomic E-state index is 0.284. The number of carbonyl (C=O) groups excluding carboxylic acids is 2. The third-order valence-electron chi connectivity index (χ3n) is 5.81. The van der Waals surface area contributed by atoms with E-state index in [0.29, 0.717) is 29.1 Å². The third-order valence-corrected chi connectivity index (χ3v) is 6.62. The van der Waals surface area contributed by atoms with Crippen molar-refractivity contribution in [3.05, 3.63) is 65.2 Å². The van der Waals surface area contributed by atoms with Crippen LogP contribution in [0.4, 0.5) is 10.7 Å². The summed E-state index contributed by atoms with van der Waals surface area (Å²) in [4.78, 5) is 36.9. The molecule has 1 aliphatic carbocycles. The van der Waals surface area contributed by atoms with Crippen LogP contribution in [-0.2, 0) is 11.3 Å². The van der Waals surface area contributed by atoms with E-state index in [4.69, 9.17) is 4.42 Å². The number of anilines is 1. The van der Waals surface area contributed by atoms with Crippen molar-refractivity contribution < 1.29 is 14.0 Å². The van der Waals surface area contributed by atoms with Crippen molar-refractivity contribution in [3.63, 3.8) is 0 Å². The molecule has 0 unspecified atom stereocenters. The Bertz CT molecular complexity index is 1200. The van der Waals surface area contributed by atoms with Crippen molar-refractivity contribution in [2.75, 3.05) is 5.32 Å². The number of furan rings is 1. The minimum Gasteiger partial charge on any atom is -0.463 e. The molecule has 10 heteroatoms. The van der Waals surface area contributed by atoms with Gasteiger partial charge in [-0.25, -0.2) is 15.0 Å². The van der Waals surface area contributed by atoms with Gasteiger partial charge < -0.3 is 15.1 Å². The Morgan fingerprint density at radius 1 is 1.06 bits per heavy atom. The molecular formula is C24H24N6O3S. The lowest BCUT2D eigenvalue weighted by Gasteiger charge is -2.29. The van der Waals surface area contributed by atoms with Crippen LogP contribution in [0.1, 0.15) is 37.1 Å². The molecule has 3 aromatic rings. The zero-order chi connectivity index (χ0) is 23.3. The molecule has 3 N–H and O–H groups in total. The van der Waals surface area contributed by atoms with Gasteiger partial charge in [-0.3, -0.25) is 14.9 Å². The molecule has 0 radical (unpaired) electrons. The molecule has 34 heavy (non-hydrogen) atoms. The summed E-state index contributed by atoms with van der Waals surface area (Å²) in [6.45, 7) is 0.714. The predicted octanol–water partition coefficient (Wildman–Crippen LogP) is 3.97. The molecule has 2 amide bonds. The SMILES string of the molecule is O=C1NC(=O)C(=Cc2ccnc(N[C@H]3CC[C@H](NCc4cccc(-c5ccco5)n4)CC3)n2)S1. The summed E-state index contributed by atoms with van der Waals surface area (Å²) >= 11 is 0.878. The van der Waals surface area contributed by atoms with Crippen LogP contribution in [0.5, 0.6) is 0 Å². The van der Waals surface area contributed by atoms with Crippen molar-refractivity contribution in [1.29, 1.82) is 0 Å². The molecule has 1 saturated carbocycles. The van der Waals surface area contributed by atoms with Gasteiger partial charge in [0, 0.05) is 24.8 Å². The van der Waals surface area contributed by atoms with E-state index in [2.05, 4.69) is 30.9 Å². The average molecular weight is 477 g/mol. The summed E-state index contributed by atoms with van der Waals surface area (Å²) in [6, 6.07) is 12.2. The lowest BCUT2D eigenvalue weighted by molar-refractivity contribution is -0.115. The Labute approximate surface area is 200 Å². The number of hydrogen-bond acceptors (Lipinski definition) is 9. The number of pyridine rings is 1. The second kappa shape index (κ2) is 10.2. The molecule has 0 spiro atoms. The lowest BCUT2D eigenvalue weighted by Crippen LogP contribution is -2.37. The third kappa shape index (κ3) is 5.52. The zero-order valence-corrected chi connectivity index (χ0v) is 19.2. The van der Waals surface area contributed by atoms with Crippen molar-refractivity contribution in [3.8, 4) is 11.5 Å². The summed E-state index contributed by atoms with van der Waals surface area (Å²) < 4.78 is 5.44. The Kier molecular flexibility index (Phi) is 6.68. The average Bonchev–Trinajstić information content (AvgIpc) is 3.49. The second-order valence-corrected chi connectivity index (χ2v) is 9.24. The summed E-state index contributed by atoms with van der Waals surface area (Å²) in [5.41, 5.74) is 2.42. The molecule has 0 bridgehead atoms. The number of nitrogens with one attached hydrogen (secondary N) is 3. The molecule has 1 aliphatic heterocycles. The van der Waals surface area contributed by atoms with Gasteiger partial charge in [0.25, 0.3) is 11.1 Å². The topological polar surface area (TPSA) is 122 Å². The number of rotatable bonds is 7. The van der Waals surface area contributed by atoms with E-state index in [9.17, 15) is 9.59 Å². The molecule has 1 saturated heterocycles. The first-order chi connectivity index (χ1) is 16.6. The molecule has 174 valence electrons. The summed E-state index contributed by atoms with van der Waals surface area (Å²) in [5, 5.41) is 8.91. The van der Waals surface area contributed by atoms with E-state index >= 15 is 0 Å². The Balaban J connectivity index is 1.11. The number of imide groups is 1. The summed E-state index contributed by atoms with van der Waals surface area (Å²) in [5.74, 6) is 0.908. The fourth-order valence-electron chi connectivity index (χ4n) is 4.09. The fourth-order valence-corrected chi connectivity index (χ4v) is 4.76. The maximum absolute atomic E-state index is 11.7. The highest BCUT2D eigenvalue weighted by molar-refractivity contribution is 8.18. The number of amides is 2. The van der Waals surface area contributed by atoms with Crippen LogP contribution >= 0.6 is 11.8 Å². The van der Waals surface area contributed by atoms with Gasteiger partial charge in [0.1, 0.15) is 5.69 Å². The maximum atomic E-state index is 11.7. The van der Waals surface area contributed by atoms with E-state index in [1.807, 2.05) is 30.3 Å². The van der Waals surface area contributed by atoms with Gasteiger partial charge in [-0.1, -0.05) is 6.07 Å². The van der Waals surface area contributed by atoms with E-state index in [-0.39, 0.29) is 11.3 Å². The number of carbonyl (C=O) groups is 2. The number of thioether (sulfide) groups is 1. The first kappa shape index (κ1) is 22.3. The van der Waals surface area contributed by atoms with Gasteiger partial charge in [-0.05, 0) is 73.9 Å². The summed E-state index contributed by atoms with van der Waals surface area (Å²) in [6.07, 6.45) is 8.99. The Morgan fingerprint density at radius 2 is 1.91 bits per heavy atom. The van der Waals surface area contributed by atoms with Crippen molar-refractivity contribution in [2.24, 2.45) is 0 Å². The smallest absolute Gasteiger partial charge is 0.290 e. The van der Waals surface area contributed by atoms with Crippen molar-refractivity contribution in [1.82, 2.24) is 25.6 Å². The molecule has 0 aromatic carbocycles. The van der Waals surface area contributed by atoms with Gasteiger partial charge in [-0.15, -0.1) is 0 Å². The van der Waals surface area contributed by atoms with Crippen LogP contribution in [0.2, 0.25) is 0 Å². The minimum atomic E-state index is -0.392. The quantitative estimate of drug-likeness (QED) is 0.435. The number of nitrogens with zero attached hydrogens (tertiary/aromatic N) is 3. The first-order valence-corrected chi connectivity index (χ1v) is 12.0. The normalized spacial score (nSPS) is 21.6. The monoisotopic (exact) mass is 476 g/mol. The highest BCUT2D eigenvalue weighted by atomic mass is 32.2. The van der Waals surface area contributed by atoms with E-state index < -0.39 is 5.91 Å². The molecule has 9 nitrogen and oxygen atoms in total. The standard InChI is InChI=1S/C24H24N6O3S/c31-22-21(34-24(32)30-22)13-17-10-11-25-23(29-17)28-16-8-6-15(7-9-16)26-14-18-3-1-4-19(27-18)20-5-2-12-33-20/h1-5,10-13,15-16,26H,6-9,14H2,(H,25,28,29)(H,30,31,32)/t15-,16-. The van der Waals surface area contributed by atoms with Crippen LogP contribution in [0.3, 0.4) is 0 Å². The maximum Gasteiger partial charge on any atom is 0.290 e. The molecular weight excluding hydrogens is 452 g/mol. The van der Waals surface area contributed by atoms with Crippen molar-refractivity contribution in [2.45, 2.75) is 44.3 Å². The van der Waals surface area contributed by atoms with E-state index in [1.54, 1.807) is 24.6 Å². The molecule has 2 fully saturated rings. The van der Waals surface area contributed by atoms with Crippen LogP contribution < -0.4 is 16.0 Å². The van der Waals surface area contributed by atoms with Gasteiger partial charge in [0.15, 0.2) is 5.76 Å². The highest BCUT2D eigenvalue weighted by Crippen LogP contribution is 2.26. The lowest BCUT2D eigenvalue weighted by atomic mass is 9.91. The predicted molar refractivity (Wildman–Crippen MR) is 130 cm³/mol. The van der Waals surface area contributed by atoms with Crippen LogP contribution in [0.15, 0.2) is 58.2 Å². The Morgan fingerprint density at radius 3 is 2.68 bits per heavy atom. The molecule has 2 aliphatic rings. The van der Waals surface area contributed by atoms with Crippen LogP contribution in [-0.4, -0.2) is 38.2 Å². The van der Waals surface area contributed by atoms with Gasteiger partial charge in [0.05, 0.1) is 22.6 Å². The molecule has 4 heterocycles. The molecule has 5 rings (SSSR count). The second-order valence-electron chi connectivity index (χ2n) is 8.22. The summed E-state index contributed by atoms with van der Waals surface area (Å²) in [7, 11) is 0. The van der Waals surface area contributed by atoms with Gasteiger partial charge in [0.2, 0.25) is 5.95 Å². The van der Waals surface area contributed by atoms with Crippen LogP contribution in [0.25, 0.3) is 17.5 Å².